The van der Waals surface area contributed by atoms with Crippen LogP contribution >= 0.6 is 0 Å². The first-order valence-corrected chi connectivity index (χ1v) is 8.95. The minimum absolute atomic E-state index is 0.0173. The lowest BCUT2D eigenvalue weighted by Gasteiger charge is -2.17. The van der Waals surface area contributed by atoms with Crippen LogP contribution in [0.1, 0.15) is 12.0 Å². The highest BCUT2D eigenvalue weighted by atomic mass is 16.5. The van der Waals surface area contributed by atoms with Crippen LogP contribution in [-0.4, -0.2) is 44.0 Å². The van der Waals surface area contributed by atoms with E-state index in [1.807, 2.05) is 30.3 Å². The molecule has 1 aliphatic rings. The van der Waals surface area contributed by atoms with Gasteiger partial charge in [0, 0.05) is 25.6 Å². The maximum Gasteiger partial charge on any atom is 0.229 e. The Bertz CT molecular complexity index is 807. The van der Waals surface area contributed by atoms with Crippen LogP contribution in [-0.2, 0) is 16.0 Å². The van der Waals surface area contributed by atoms with E-state index in [1.165, 1.54) is 5.56 Å². The Morgan fingerprint density at radius 2 is 1.93 bits per heavy atom. The topological polar surface area (TPSA) is 67.9 Å². The average molecular weight is 368 g/mol. The number of benzene rings is 2. The SMILES string of the molecule is COc1ccc(OC)c(NC(=O)C2CC(=O)N(CCc3ccccc3)C2)c1. The molecule has 1 aliphatic heterocycles. The number of carbonyl (C=O) groups excluding carboxylic acids is 2. The Balaban J connectivity index is 1.60. The van der Waals surface area contributed by atoms with Crippen molar-refractivity contribution >= 4 is 17.5 Å². The second kappa shape index (κ2) is 8.58. The number of nitrogens with one attached hydrogen (secondary N) is 1. The molecule has 0 radical (unpaired) electrons. The van der Waals surface area contributed by atoms with Crippen molar-refractivity contribution in [3.63, 3.8) is 0 Å². The monoisotopic (exact) mass is 368 g/mol. The van der Waals surface area contributed by atoms with Gasteiger partial charge in [0.05, 0.1) is 25.8 Å². The van der Waals surface area contributed by atoms with Gasteiger partial charge in [-0.1, -0.05) is 30.3 Å². The van der Waals surface area contributed by atoms with Crippen LogP contribution in [0.4, 0.5) is 5.69 Å². The summed E-state index contributed by atoms with van der Waals surface area (Å²) in [6.07, 6.45) is 1.01. The largest absolute Gasteiger partial charge is 0.497 e. The first kappa shape index (κ1) is 18.8. The lowest BCUT2D eigenvalue weighted by Crippen LogP contribution is -2.30. The third-order valence-corrected chi connectivity index (χ3v) is 4.76. The van der Waals surface area contributed by atoms with Crippen LogP contribution in [0.5, 0.6) is 11.5 Å². The van der Waals surface area contributed by atoms with E-state index in [2.05, 4.69) is 5.32 Å². The van der Waals surface area contributed by atoms with Gasteiger partial charge in [-0.2, -0.15) is 0 Å². The van der Waals surface area contributed by atoms with Gasteiger partial charge in [0.1, 0.15) is 11.5 Å². The quantitative estimate of drug-likeness (QED) is 0.816. The number of anilines is 1. The summed E-state index contributed by atoms with van der Waals surface area (Å²) >= 11 is 0. The molecule has 1 fully saturated rings. The molecule has 1 unspecified atom stereocenters. The molecule has 6 nitrogen and oxygen atoms in total. The van der Waals surface area contributed by atoms with E-state index in [-0.39, 0.29) is 24.2 Å². The van der Waals surface area contributed by atoms with Gasteiger partial charge < -0.3 is 19.7 Å². The fraction of sp³-hybridized carbons (Fsp3) is 0.333. The van der Waals surface area contributed by atoms with Gasteiger partial charge in [0.15, 0.2) is 0 Å². The normalized spacial score (nSPS) is 16.3. The first-order chi connectivity index (χ1) is 13.1. The molecule has 1 N–H and O–H groups in total. The Kier molecular flexibility index (Phi) is 5.96. The predicted molar refractivity (Wildman–Crippen MR) is 103 cm³/mol. The molecule has 0 aromatic heterocycles. The number of likely N-dealkylation sites (tertiary alicyclic amines) is 1. The molecule has 2 aromatic rings. The van der Waals surface area contributed by atoms with Crippen molar-refractivity contribution in [2.75, 3.05) is 32.6 Å². The van der Waals surface area contributed by atoms with E-state index in [1.54, 1.807) is 37.3 Å². The number of methoxy groups -OCH3 is 2. The smallest absolute Gasteiger partial charge is 0.229 e. The third-order valence-electron chi connectivity index (χ3n) is 4.76. The van der Waals surface area contributed by atoms with E-state index < -0.39 is 0 Å². The number of hydrogen-bond acceptors (Lipinski definition) is 4. The van der Waals surface area contributed by atoms with Crippen molar-refractivity contribution in [2.24, 2.45) is 5.92 Å². The van der Waals surface area contributed by atoms with E-state index in [4.69, 9.17) is 9.47 Å². The van der Waals surface area contributed by atoms with Crippen LogP contribution in [0.25, 0.3) is 0 Å². The van der Waals surface area contributed by atoms with Gasteiger partial charge in [-0.3, -0.25) is 9.59 Å². The zero-order valence-corrected chi connectivity index (χ0v) is 15.6. The average Bonchev–Trinajstić information content (AvgIpc) is 3.08. The van der Waals surface area contributed by atoms with Crippen molar-refractivity contribution in [3.8, 4) is 11.5 Å². The molecule has 2 aromatic carbocycles. The molecule has 6 heteroatoms. The second-order valence-corrected chi connectivity index (χ2v) is 6.53. The minimum Gasteiger partial charge on any atom is -0.497 e. The van der Waals surface area contributed by atoms with E-state index in [0.29, 0.717) is 30.3 Å². The Hall–Kier alpha value is -3.02. The minimum atomic E-state index is -0.371. The van der Waals surface area contributed by atoms with Crippen molar-refractivity contribution < 1.29 is 19.1 Å². The molecule has 2 amide bonds. The number of rotatable bonds is 7. The standard InChI is InChI=1S/C21H24N2O4/c1-26-17-8-9-19(27-2)18(13-17)22-21(25)16-12-20(24)23(14-16)11-10-15-6-4-3-5-7-15/h3-9,13,16H,10-12,14H2,1-2H3,(H,22,25). The molecule has 1 heterocycles. The third kappa shape index (κ3) is 4.58. The molecule has 1 atom stereocenters. The number of amides is 2. The lowest BCUT2D eigenvalue weighted by molar-refractivity contribution is -0.128. The maximum atomic E-state index is 12.7. The highest BCUT2D eigenvalue weighted by Gasteiger charge is 2.34. The van der Waals surface area contributed by atoms with Crippen molar-refractivity contribution in [2.45, 2.75) is 12.8 Å². The van der Waals surface area contributed by atoms with Crippen LogP contribution in [0, 0.1) is 5.92 Å². The fourth-order valence-corrected chi connectivity index (χ4v) is 3.22. The van der Waals surface area contributed by atoms with Crippen molar-refractivity contribution in [1.29, 1.82) is 0 Å². The first-order valence-electron chi connectivity index (χ1n) is 8.95. The maximum absolute atomic E-state index is 12.7. The van der Waals surface area contributed by atoms with Gasteiger partial charge >= 0.3 is 0 Å². The summed E-state index contributed by atoms with van der Waals surface area (Å²) < 4.78 is 10.5. The van der Waals surface area contributed by atoms with E-state index >= 15 is 0 Å². The van der Waals surface area contributed by atoms with Crippen molar-refractivity contribution in [3.05, 3.63) is 54.1 Å². The summed E-state index contributed by atoms with van der Waals surface area (Å²) in [7, 11) is 3.11. The second-order valence-electron chi connectivity index (χ2n) is 6.53. The van der Waals surface area contributed by atoms with Gasteiger partial charge in [-0.25, -0.2) is 0 Å². The zero-order chi connectivity index (χ0) is 19.2. The Morgan fingerprint density at radius 1 is 1.15 bits per heavy atom. The molecule has 142 valence electrons. The van der Waals surface area contributed by atoms with Crippen LogP contribution in [0.2, 0.25) is 0 Å². The number of nitrogens with zero attached hydrogens (tertiary/aromatic N) is 1. The summed E-state index contributed by atoms with van der Waals surface area (Å²) in [5, 5.41) is 2.87. The molecule has 3 rings (SSSR count). The molecule has 1 saturated heterocycles. The fourth-order valence-electron chi connectivity index (χ4n) is 3.22. The number of ether oxygens (including phenoxy) is 2. The highest BCUT2D eigenvalue weighted by molar-refractivity contribution is 5.98. The summed E-state index contributed by atoms with van der Waals surface area (Å²) in [6, 6.07) is 15.2. The van der Waals surface area contributed by atoms with Gasteiger partial charge in [0.2, 0.25) is 11.8 Å². The summed E-state index contributed by atoms with van der Waals surface area (Å²) in [6.45, 7) is 1.05. The zero-order valence-electron chi connectivity index (χ0n) is 15.6. The van der Waals surface area contributed by atoms with Gasteiger partial charge in [0.25, 0.3) is 0 Å². The van der Waals surface area contributed by atoms with Crippen LogP contribution < -0.4 is 14.8 Å². The van der Waals surface area contributed by atoms with E-state index in [9.17, 15) is 9.59 Å². The molecule has 0 bridgehead atoms. The van der Waals surface area contributed by atoms with Gasteiger partial charge in [-0.15, -0.1) is 0 Å². The molecule has 0 aliphatic carbocycles. The molecule has 0 spiro atoms. The summed E-state index contributed by atoms with van der Waals surface area (Å²) in [4.78, 5) is 26.7. The molecular weight excluding hydrogens is 344 g/mol. The number of hydrogen-bond donors (Lipinski definition) is 1. The Morgan fingerprint density at radius 3 is 2.63 bits per heavy atom. The molecular formula is C21H24N2O4. The summed E-state index contributed by atoms with van der Waals surface area (Å²) in [5.41, 5.74) is 1.72. The predicted octanol–water partition coefficient (Wildman–Crippen LogP) is 2.73. The Labute approximate surface area is 159 Å². The molecule has 0 saturated carbocycles. The van der Waals surface area contributed by atoms with Crippen LogP contribution in [0.15, 0.2) is 48.5 Å². The summed E-state index contributed by atoms with van der Waals surface area (Å²) in [5.74, 6) is 0.637. The van der Waals surface area contributed by atoms with Gasteiger partial charge in [-0.05, 0) is 24.1 Å². The van der Waals surface area contributed by atoms with E-state index in [0.717, 1.165) is 6.42 Å². The number of carbonyl (C=O) groups is 2. The van der Waals surface area contributed by atoms with Crippen LogP contribution in [0.3, 0.4) is 0 Å². The highest BCUT2D eigenvalue weighted by Crippen LogP contribution is 2.30. The van der Waals surface area contributed by atoms with Crippen molar-refractivity contribution in [1.82, 2.24) is 4.90 Å². The lowest BCUT2D eigenvalue weighted by atomic mass is 10.1. The molecule has 27 heavy (non-hydrogen) atoms.